The Labute approximate surface area is 234 Å². The van der Waals surface area contributed by atoms with Crippen molar-refractivity contribution in [2.45, 2.75) is 67.7 Å². The average molecular weight is 571 g/mol. The van der Waals surface area contributed by atoms with Crippen LogP contribution >= 0.6 is 11.8 Å². The number of pyridine rings is 1. The third-order valence-corrected chi connectivity index (χ3v) is 8.26. The van der Waals surface area contributed by atoms with Gasteiger partial charge in [-0.3, -0.25) is 4.79 Å². The Morgan fingerprint density at radius 3 is 2.17 bits per heavy atom. The van der Waals surface area contributed by atoms with Crippen molar-refractivity contribution in [3.63, 3.8) is 0 Å². The molecule has 2 bridgehead atoms. The summed E-state index contributed by atoms with van der Waals surface area (Å²) in [5.41, 5.74) is 1.28. The molecule has 10 heteroatoms. The fourth-order valence-corrected chi connectivity index (χ4v) is 6.11. The van der Waals surface area contributed by atoms with Crippen molar-refractivity contribution in [3.8, 4) is 5.75 Å². The van der Waals surface area contributed by atoms with Crippen molar-refractivity contribution < 1.29 is 32.2 Å². The van der Waals surface area contributed by atoms with E-state index < -0.39 is 11.7 Å². The van der Waals surface area contributed by atoms with E-state index in [9.17, 15) is 22.8 Å². The Kier molecular flexibility index (Phi) is 8.35. The van der Waals surface area contributed by atoms with E-state index in [0.29, 0.717) is 34.3 Å². The minimum atomic E-state index is -4.40. The van der Waals surface area contributed by atoms with Crippen LogP contribution in [-0.4, -0.2) is 46.6 Å². The van der Waals surface area contributed by atoms with E-state index in [2.05, 4.69) is 4.98 Å². The number of ether oxygens (including phenoxy) is 2. The number of fused-ring (bicyclic) bond motifs is 2. The molecule has 210 valence electrons. The zero-order chi connectivity index (χ0) is 28.3. The Morgan fingerprint density at radius 2 is 1.60 bits per heavy atom. The highest BCUT2D eigenvalue weighted by atomic mass is 32.2. The average Bonchev–Trinajstić information content (AvgIpc) is 3.22. The van der Waals surface area contributed by atoms with Crippen molar-refractivity contribution in [1.82, 2.24) is 9.88 Å². The normalized spacial score (nSPS) is 20.3. The Hall–Kier alpha value is -3.53. The van der Waals surface area contributed by atoms with Crippen LogP contribution in [0.5, 0.6) is 5.75 Å². The second kappa shape index (κ2) is 11.9. The molecule has 0 N–H and O–H groups in total. The number of amides is 1. The predicted molar refractivity (Wildman–Crippen MR) is 144 cm³/mol. The van der Waals surface area contributed by atoms with Crippen LogP contribution in [0.3, 0.4) is 0 Å². The van der Waals surface area contributed by atoms with Crippen LogP contribution in [0.1, 0.15) is 64.4 Å². The van der Waals surface area contributed by atoms with Gasteiger partial charge in [-0.15, -0.1) is 11.8 Å². The summed E-state index contributed by atoms with van der Waals surface area (Å²) in [6, 6.07) is 16.9. The summed E-state index contributed by atoms with van der Waals surface area (Å²) in [5, 5.41) is 0.504. The molecule has 1 aromatic heterocycles. The van der Waals surface area contributed by atoms with Crippen molar-refractivity contribution in [1.29, 1.82) is 0 Å². The lowest BCUT2D eigenvalue weighted by molar-refractivity contribution is -0.137. The smallest absolute Gasteiger partial charge is 0.417 e. The molecule has 40 heavy (non-hydrogen) atoms. The van der Waals surface area contributed by atoms with Gasteiger partial charge in [0.2, 0.25) is 0 Å². The highest BCUT2D eigenvalue weighted by Crippen LogP contribution is 2.38. The van der Waals surface area contributed by atoms with Crippen LogP contribution in [0.2, 0.25) is 0 Å². The maximum Gasteiger partial charge on any atom is 0.417 e. The van der Waals surface area contributed by atoms with Gasteiger partial charge in [-0.2, -0.15) is 13.2 Å². The largest absolute Gasteiger partial charge is 0.490 e. The van der Waals surface area contributed by atoms with Gasteiger partial charge >= 0.3 is 12.1 Å². The molecule has 2 aromatic carbocycles. The molecule has 1 amide bonds. The number of piperidine rings is 1. The molecule has 2 unspecified atom stereocenters. The quantitative estimate of drug-likeness (QED) is 0.220. The summed E-state index contributed by atoms with van der Waals surface area (Å²) in [6.07, 6.45) is -0.200. The van der Waals surface area contributed by atoms with Gasteiger partial charge in [0.25, 0.3) is 5.91 Å². The number of benzene rings is 2. The van der Waals surface area contributed by atoms with E-state index in [1.54, 1.807) is 31.2 Å². The summed E-state index contributed by atoms with van der Waals surface area (Å²) in [5.74, 6) is 0.870. The molecule has 0 radical (unpaired) electrons. The zero-order valence-corrected chi connectivity index (χ0v) is 22.7. The number of alkyl halides is 3. The summed E-state index contributed by atoms with van der Waals surface area (Å²) in [6.45, 7) is 2.09. The standard InChI is InChI=1S/C30H29F3N2O4S/c1-2-38-29(37)21-7-12-25(13-8-21)39-26-15-23-10-11-24(16-26)35(23)28(36)20-5-3-19(4-6-20)18-40-27-14-9-22(17-34-27)30(31,32)33/h3-9,12-14,17,23-24,26H,2,10-11,15-16,18H2,1H3. The summed E-state index contributed by atoms with van der Waals surface area (Å²) in [4.78, 5) is 31.2. The van der Waals surface area contributed by atoms with Crippen LogP contribution < -0.4 is 4.74 Å². The minimum Gasteiger partial charge on any atom is -0.490 e. The number of hydrogen-bond acceptors (Lipinski definition) is 6. The van der Waals surface area contributed by atoms with Crippen molar-refractivity contribution in [2.24, 2.45) is 0 Å². The molecular formula is C30H29F3N2O4S. The third kappa shape index (κ3) is 6.43. The number of rotatable bonds is 8. The van der Waals surface area contributed by atoms with Crippen molar-refractivity contribution in [2.75, 3.05) is 6.61 Å². The van der Waals surface area contributed by atoms with Crippen LogP contribution in [0, 0.1) is 0 Å². The molecule has 2 fully saturated rings. The maximum absolute atomic E-state index is 13.4. The van der Waals surface area contributed by atoms with Gasteiger partial charge in [-0.1, -0.05) is 12.1 Å². The first-order valence-electron chi connectivity index (χ1n) is 13.2. The van der Waals surface area contributed by atoms with Crippen LogP contribution in [-0.2, 0) is 16.7 Å². The molecule has 2 atom stereocenters. The number of nitrogens with zero attached hydrogens (tertiary/aromatic N) is 2. The third-order valence-electron chi connectivity index (χ3n) is 7.24. The van der Waals surface area contributed by atoms with Gasteiger partial charge in [0.05, 0.1) is 22.8 Å². The lowest BCUT2D eigenvalue weighted by Gasteiger charge is -2.39. The zero-order valence-electron chi connectivity index (χ0n) is 21.9. The van der Waals surface area contributed by atoms with Gasteiger partial charge < -0.3 is 14.4 Å². The van der Waals surface area contributed by atoms with Gasteiger partial charge in [0, 0.05) is 42.4 Å². The fraction of sp³-hybridized carbons (Fsp3) is 0.367. The van der Waals surface area contributed by atoms with Crippen LogP contribution in [0.15, 0.2) is 71.9 Å². The molecule has 0 aliphatic carbocycles. The minimum absolute atomic E-state index is 0.00630. The van der Waals surface area contributed by atoms with Gasteiger partial charge in [0.15, 0.2) is 0 Å². The highest BCUT2D eigenvalue weighted by Gasteiger charge is 2.44. The second-order valence-electron chi connectivity index (χ2n) is 9.92. The molecule has 2 aliphatic heterocycles. The predicted octanol–water partition coefficient (Wildman–Crippen LogP) is 6.78. The lowest BCUT2D eigenvalue weighted by Crippen LogP contribution is -2.49. The second-order valence-corrected chi connectivity index (χ2v) is 10.9. The topological polar surface area (TPSA) is 68.7 Å². The van der Waals surface area contributed by atoms with E-state index in [1.807, 2.05) is 29.2 Å². The summed E-state index contributed by atoms with van der Waals surface area (Å²) >= 11 is 1.34. The number of hydrogen-bond donors (Lipinski definition) is 0. The summed E-state index contributed by atoms with van der Waals surface area (Å²) < 4.78 is 49.4. The number of esters is 1. The maximum atomic E-state index is 13.4. The first kappa shape index (κ1) is 28.0. The Balaban J connectivity index is 1.15. The molecular weight excluding hydrogens is 541 g/mol. The SMILES string of the molecule is CCOC(=O)c1ccc(OC2CC3CCC(C2)N3C(=O)c2ccc(CSc3ccc(C(F)(F)F)cn3)cc2)cc1. The molecule has 6 nitrogen and oxygen atoms in total. The Bertz CT molecular complexity index is 1320. The van der Waals surface area contributed by atoms with E-state index in [4.69, 9.17) is 9.47 Å². The van der Waals surface area contributed by atoms with Gasteiger partial charge in [-0.05, 0) is 73.9 Å². The lowest BCUT2D eigenvalue weighted by atomic mass is 9.98. The van der Waals surface area contributed by atoms with Crippen LogP contribution in [0.4, 0.5) is 13.2 Å². The molecule has 3 aromatic rings. The van der Waals surface area contributed by atoms with Gasteiger partial charge in [-0.25, -0.2) is 9.78 Å². The summed E-state index contributed by atoms with van der Waals surface area (Å²) in [7, 11) is 0. The van der Waals surface area contributed by atoms with Gasteiger partial charge in [0.1, 0.15) is 11.9 Å². The van der Waals surface area contributed by atoms with E-state index in [-0.39, 0.29) is 30.1 Å². The molecule has 2 aliphatic rings. The molecule has 0 saturated carbocycles. The Morgan fingerprint density at radius 1 is 0.950 bits per heavy atom. The van der Waals surface area contributed by atoms with E-state index in [0.717, 1.165) is 43.5 Å². The molecule has 3 heterocycles. The number of thioether (sulfide) groups is 1. The van der Waals surface area contributed by atoms with Crippen molar-refractivity contribution in [3.05, 3.63) is 89.1 Å². The molecule has 5 rings (SSSR count). The fourth-order valence-electron chi connectivity index (χ4n) is 5.31. The molecule has 0 spiro atoms. The first-order valence-corrected chi connectivity index (χ1v) is 14.2. The highest BCUT2D eigenvalue weighted by molar-refractivity contribution is 7.98. The van der Waals surface area contributed by atoms with E-state index in [1.165, 1.54) is 17.8 Å². The van der Waals surface area contributed by atoms with Crippen molar-refractivity contribution >= 4 is 23.6 Å². The monoisotopic (exact) mass is 570 g/mol. The molecule has 2 saturated heterocycles. The number of halogens is 3. The van der Waals surface area contributed by atoms with Crippen LogP contribution in [0.25, 0.3) is 0 Å². The number of aromatic nitrogens is 1. The van der Waals surface area contributed by atoms with E-state index >= 15 is 0 Å². The number of carbonyl (C=O) groups excluding carboxylic acids is 2. The number of carbonyl (C=O) groups is 2. The first-order chi connectivity index (χ1) is 19.2.